The Hall–Kier alpha value is -1.97. The molecule has 24 heavy (non-hydrogen) atoms. The van der Waals surface area contributed by atoms with Crippen LogP contribution in [-0.4, -0.2) is 44.6 Å². The van der Waals surface area contributed by atoms with E-state index in [2.05, 4.69) is 19.6 Å². The average molecular weight is 351 g/mol. The fourth-order valence-electron chi connectivity index (χ4n) is 2.90. The number of hydrogen-bond acceptors (Lipinski definition) is 6. The zero-order chi connectivity index (χ0) is 17.2. The van der Waals surface area contributed by atoms with E-state index >= 15 is 0 Å². The molecule has 1 saturated heterocycles. The fourth-order valence-corrected chi connectivity index (χ4v) is 3.30. The molecule has 0 spiro atoms. The Bertz CT molecular complexity index is 821. The minimum absolute atomic E-state index is 0.357. The number of rotatable bonds is 7. The third kappa shape index (κ3) is 3.74. The number of nitrogens with one attached hydrogen (secondary N) is 1. The van der Waals surface area contributed by atoms with Crippen LogP contribution in [0.25, 0.3) is 10.9 Å². The molecule has 0 saturated carbocycles. The third-order valence-corrected chi connectivity index (χ3v) is 4.63. The van der Waals surface area contributed by atoms with Crippen molar-refractivity contribution >= 4 is 26.9 Å². The number of fused-ring (bicyclic) bond motifs is 1. The fraction of sp³-hybridized carbons (Fsp3) is 0.467. The Labute approximate surface area is 141 Å². The molecule has 8 nitrogen and oxygen atoms in total. The molecule has 0 bridgehead atoms. The van der Waals surface area contributed by atoms with Gasteiger partial charge in [0.25, 0.3) is 10.2 Å². The summed E-state index contributed by atoms with van der Waals surface area (Å²) in [4.78, 5) is 10.9. The molecule has 1 fully saturated rings. The highest BCUT2D eigenvalue weighted by atomic mass is 32.2. The van der Waals surface area contributed by atoms with E-state index in [9.17, 15) is 8.42 Å². The SMILES string of the molecule is CCOc1cccc2c(N3CC(CCNS(N)(=O)=O)C3)ncnc12. The monoisotopic (exact) mass is 351 g/mol. The lowest BCUT2D eigenvalue weighted by Gasteiger charge is -2.40. The molecule has 2 aromatic rings. The van der Waals surface area contributed by atoms with Crippen LogP contribution in [-0.2, 0) is 10.2 Å². The molecule has 0 atom stereocenters. The van der Waals surface area contributed by atoms with Gasteiger partial charge in [-0.1, -0.05) is 6.07 Å². The largest absolute Gasteiger partial charge is 0.492 e. The summed E-state index contributed by atoms with van der Waals surface area (Å²) in [5.74, 6) is 2.06. The van der Waals surface area contributed by atoms with Crippen LogP contribution in [0, 0.1) is 5.92 Å². The van der Waals surface area contributed by atoms with E-state index in [-0.39, 0.29) is 0 Å². The molecule has 1 aliphatic rings. The Balaban J connectivity index is 1.68. The molecule has 1 aliphatic heterocycles. The van der Waals surface area contributed by atoms with Gasteiger partial charge in [-0.25, -0.2) is 19.8 Å². The lowest BCUT2D eigenvalue weighted by Crippen LogP contribution is -2.48. The van der Waals surface area contributed by atoms with Crippen LogP contribution in [0.1, 0.15) is 13.3 Å². The lowest BCUT2D eigenvalue weighted by atomic mass is 9.96. The standard InChI is InChI=1S/C15H21N5O3S/c1-2-23-13-5-3-4-12-14(13)17-10-18-15(12)20-8-11(9-20)6-7-19-24(16,21)22/h3-5,10-11,19H,2,6-9H2,1H3,(H2,16,21,22). The molecule has 1 aromatic carbocycles. The molecular weight excluding hydrogens is 330 g/mol. The van der Waals surface area contributed by atoms with E-state index in [1.807, 2.05) is 25.1 Å². The number of ether oxygens (including phenoxy) is 1. The number of hydrogen-bond donors (Lipinski definition) is 2. The van der Waals surface area contributed by atoms with Crippen LogP contribution < -0.4 is 19.5 Å². The Kier molecular flexibility index (Phi) is 4.83. The Morgan fingerprint density at radius 2 is 2.17 bits per heavy atom. The molecule has 2 heterocycles. The summed E-state index contributed by atoms with van der Waals surface area (Å²) < 4.78 is 29.7. The highest BCUT2D eigenvalue weighted by Gasteiger charge is 2.29. The van der Waals surface area contributed by atoms with Gasteiger partial charge in [-0.3, -0.25) is 0 Å². The van der Waals surface area contributed by atoms with Crippen molar-refractivity contribution in [2.24, 2.45) is 11.1 Å². The summed E-state index contributed by atoms with van der Waals surface area (Å²) in [7, 11) is -3.61. The Morgan fingerprint density at radius 1 is 1.38 bits per heavy atom. The number of aromatic nitrogens is 2. The molecule has 3 N–H and O–H groups in total. The maximum atomic E-state index is 10.9. The number of benzene rings is 1. The highest BCUT2D eigenvalue weighted by molar-refractivity contribution is 7.87. The van der Waals surface area contributed by atoms with Gasteiger partial charge >= 0.3 is 0 Å². The first kappa shape index (κ1) is 16.9. The highest BCUT2D eigenvalue weighted by Crippen LogP contribution is 2.33. The van der Waals surface area contributed by atoms with Crippen molar-refractivity contribution in [2.45, 2.75) is 13.3 Å². The summed E-state index contributed by atoms with van der Waals surface area (Å²) in [5.41, 5.74) is 0.809. The summed E-state index contributed by atoms with van der Waals surface area (Å²) in [6.45, 7) is 4.54. The maximum Gasteiger partial charge on any atom is 0.274 e. The van der Waals surface area contributed by atoms with Crippen LogP contribution in [0.5, 0.6) is 5.75 Å². The van der Waals surface area contributed by atoms with Gasteiger partial charge in [0.05, 0.1) is 6.61 Å². The Morgan fingerprint density at radius 3 is 2.88 bits per heavy atom. The van der Waals surface area contributed by atoms with Gasteiger partial charge in [-0.05, 0) is 31.4 Å². The van der Waals surface area contributed by atoms with Crippen molar-refractivity contribution in [2.75, 3.05) is 31.1 Å². The number of para-hydroxylation sites is 1. The van der Waals surface area contributed by atoms with Crippen molar-refractivity contribution in [3.8, 4) is 5.75 Å². The van der Waals surface area contributed by atoms with Gasteiger partial charge in [-0.2, -0.15) is 8.42 Å². The normalized spacial score (nSPS) is 15.5. The third-order valence-electron chi connectivity index (χ3n) is 4.02. The van der Waals surface area contributed by atoms with Crippen molar-refractivity contribution in [3.63, 3.8) is 0 Å². The van der Waals surface area contributed by atoms with Crippen molar-refractivity contribution < 1.29 is 13.2 Å². The van der Waals surface area contributed by atoms with E-state index in [4.69, 9.17) is 9.88 Å². The van der Waals surface area contributed by atoms with Crippen LogP contribution >= 0.6 is 0 Å². The van der Waals surface area contributed by atoms with Gasteiger partial charge in [0, 0.05) is 25.0 Å². The van der Waals surface area contributed by atoms with Crippen LogP contribution in [0.3, 0.4) is 0 Å². The number of anilines is 1. The topological polar surface area (TPSA) is 110 Å². The average Bonchev–Trinajstić information content (AvgIpc) is 2.49. The van der Waals surface area contributed by atoms with Gasteiger partial charge in [0.1, 0.15) is 23.4 Å². The van der Waals surface area contributed by atoms with Crippen LogP contribution in [0.2, 0.25) is 0 Å². The van der Waals surface area contributed by atoms with Gasteiger partial charge in [0.15, 0.2) is 0 Å². The molecule has 0 aliphatic carbocycles. The summed E-state index contributed by atoms with van der Waals surface area (Å²) in [5, 5.41) is 5.88. The molecule has 1 aromatic heterocycles. The first-order chi connectivity index (χ1) is 11.5. The molecular formula is C15H21N5O3S. The molecule has 130 valence electrons. The quantitative estimate of drug-likeness (QED) is 0.758. The van der Waals surface area contributed by atoms with E-state index in [0.717, 1.165) is 42.0 Å². The first-order valence-corrected chi connectivity index (χ1v) is 9.41. The number of nitrogens with two attached hydrogens (primary N) is 1. The first-order valence-electron chi connectivity index (χ1n) is 7.87. The lowest BCUT2D eigenvalue weighted by molar-refractivity contribution is 0.343. The van der Waals surface area contributed by atoms with Gasteiger partial charge < -0.3 is 9.64 Å². The predicted octanol–water partition coefficient (Wildman–Crippen LogP) is 0.648. The summed E-state index contributed by atoms with van der Waals surface area (Å²) >= 11 is 0. The second-order valence-electron chi connectivity index (χ2n) is 5.78. The van der Waals surface area contributed by atoms with Gasteiger partial charge in [-0.15, -0.1) is 0 Å². The van der Waals surface area contributed by atoms with Crippen LogP contribution in [0.4, 0.5) is 5.82 Å². The molecule has 9 heteroatoms. The maximum absolute atomic E-state index is 10.9. The predicted molar refractivity (Wildman–Crippen MR) is 92.1 cm³/mol. The minimum Gasteiger partial charge on any atom is -0.492 e. The molecule has 0 amide bonds. The van der Waals surface area contributed by atoms with E-state index in [1.165, 1.54) is 0 Å². The summed E-state index contributed by atoms with van der Waals surface area (Å²) in [6.07, 6.45) is 2.30. The van der Waals surface area contributed by atoms with Crippen molar-refractivity contribution in [3.05, 3.63) is 24.5 Å². The second kappa shape index (κ2) is 6.88. The van der Waals surface area contributed by atoms with Crippen molar-refractivity contribution in [1.82, 2.24) is 14.7 Å². The zero-order valence-corrected chi connectivity index (χ0v) is 14.3. The zero-order valence-electron chi connectivity index (χ0n) is 13.5. The van der Waals surface area contributed by atoms with Crippen LogP contribution in [0.15, 0.2) is 24.5 Å². The minimum atomic E-state index is -3.61. The van der Waals surface area contributed by atoms with E-state index in [0.29, 0.717) is 19.1 Å². The molecule has 0 radical (unpaired) electrons. The van der Waals surface area contributed by atoms with E-state index in [1.54, 1.807) is 6.33 Å². The molecule has 3 rings (SSSR count). The molecule has 0 unspecified atom stereocenters. The number of nitrogens with zero attached hydrogens (tertiary/aromatic N) is 3. The second-order valence-corrected chi connectivity index (χ2v) is 7.16. The van der Waals surface area contributed by atoms with Gasteiger partial charge in [0.2, 0.25) is 0 Å². The van der Waals surface area contributed by atoms with E-state index < -0.39 is 10.2 Å². The smallest absolute Gasteiger partial charge is 0.274 e. The van der Waals surface area contributed by atoms with Crippen molar-refractivity contribution in [1.29, 1.82) is 0 Å². The summed E-state index contributed by atoms with van der Waals surface area (Å²) in [6, 6.07) is 5.83.